The van der Waals surface area contributed by atoms with Gasteiger partial charge in [0.25, 0.3) is 5.91 Å². The third-order valence-electron chi connectivity index (χ3n) is 4.76. The molecule has 2 aliphatic rings. The summed E-state index contributed by atoms with van der Waals surface area (Å²) in [6, 6.07) is 8.85. The fraction of sp³-hybridized carbons (Fsp3) is 0.300. The Hall–Kier alpha value is -1.69. The maximum atomic E-state index is 12.3. The number of likely N-dealkylation sites (tertiary alicyclic amines) is 1. The molecule has 1 aromatic heterocycles. The molecular weight excluding hydrogens is 403 g/mol. The average Bonchev–Trinajstić information content (AvgIpc) is 3.25. The number of nitrogens with zero attached hydrogens (tertiary/aromatic N) is 2. The fourth-order valence-electron chi connectivity index (χ4n) is 3.12. The summed E-state index contributed by atoms with van der Waals surface area (Å²) in [5, 5.41) is 1.94. The molecule has 4 nitrogen and oxygen atoms in total. The van der Waals surface area contributed by atoms with E-state index >= 15 is 0 Å². The lowest BCUT2D eigenvalue weighted by molar-refractivity contribution is -0.113. The van der Waals surface area contributed by atoms with Crippen molar-refractivity contribution in [2.45, 2.75) is 19.8 Å². The van der Waals surface area contributed by atoms with Crippen molar-refractivity contribution in [1.82, 2.24) is 4.90 Å². The van der Waals surface area contributed by atoms with Crippen LogP contribution in [0.25, 0.3) is 17.4 Å². The highest BCUT2D eigenvalue weighted by atomic mass is 35.5. The van der Waals surface area contributed by atoms with Gasteiger partial charge in [0.1, 0.15) is 11.5 Å². The zero-order valence-corrected chi connectivity index (χ0v) is 17.1. The van der Waals surface area contributed by atoms with Crippen LogP contribution in [-0.2, 0) is 4.79 Å². The number of benzene rings is 1. The van der Waals surface area contributed by atoms with Crippen molar-refractivity contribution in [2.75, 3.05) is 13.1 Å². The van der Waals surface area contributed by atoms with Crippen LogP contribution in [0.3, 0.4) is 0 Å². The quantitative estimate of drug-likeness (QED) is 0.562. The lowest BCUT2D eigenvalue weighted by atomic mass is 10.00. The first-order valence-electron chi connectivity index (χ1n) is 8.82. The lowest BCUT2D eigenvalue weighted by Crippen LogP contribution is -2.35. The van der Waals surface area contributed by atoms with Crippen molar-refractivity contribution in [2.24, 2.45) is 10.9 Å². The van der Waals surface area contributed by atoms with Crippen LogP contribution in [-0.4, -0.2) is 29.1 Å². The minimum absolute atomic E-state index is 0.215. The second kappa shape index (κ2) is 7.74. The monoisotopic (exact) mass is 420 g/mol. The predicted molar refractivity (Wildman–Crippen MR) is 112 cm³/mol. The standard InChI is InChI=1S/C20H18Cl2N2O2S/c1-12-6-8-24(9-7-12)20-23-19(25)18(27-20)11-14-3-5-17(26-14)15-10-13(21)2-4-16(15)22/h2-5,10-12H,6-9H2,1H3/b18-11-. The molecule has 0 aliphatic carbocycles. The van der Waals surface area contributed by atoms with Crippen LogP contribution in [0.15, 0.2) is 44.6 Å². The van der Waals surface area contributed by atoms with Crippen molar-refractivity contribution in [3.63, 3.8) is 0 Å². The normalized spacial score (nSPS) is 19.8. The summed E-state index contributed by atoms with van der Waals surface area (Å²) in [6.45, 7) is 4.16. The maximum absolute atomic E-state index is 12.3. The molecule has 0 unspecified atom stereocenters. The van der Waals surface area contributed by atoms with Gasteiger partial charge in [0.15, 0.2) is 5.17 Å². The number of aliphatic imine (C=N–C) groups is 1. The van der Waals surface area contributed by atoms with Gasteiger partial charge < -0.3 is 9.32 Å². The molecule has 0 bridgehead atoms. The summed E-state index contributed by atoms with van der Waals surface area (Å²) in [6.07, 6.45) is 4.00. The van der Waals surface area contributed by atoms with E-state index in [1.807, 2.05) is 12.1 Å². The van der Waals surface area contributed by atoms with E-state index in [4.69, 9.17) is 27.6 Å². The van der Waals surface area contributed by atoms with E-state index in [0.717, 1.165) is 42.6 Å². The highest BCUT2D eigenvalue weighted by Gasteiger charge is 2.28. The average molecular weight is 421 g/mol. The molecule has 2 aliphatic heterocycles. The number of rotatable bonds is 2. The van der Waals surface area contributed by atoms with Gasteiger partial charge in [0, 0.05) is 29.8 Å². The summed E-state index contributed by atoms with van der Waals surface area (Å²) in [4.78, 5) is 19.3. The van der Waals surface area contributed by atoms with Gasteiger partial charge in [0.05, 0.1) is 9.93 Å². The fourth-order valence-corrected chi connectivity index (χ4v) is 4.45. The van der Waals surface area contributed by atoms with Crippen LogP contribution >= 0.6 is 35.0 Å². The van der Waals surface area contributed by atoms with Crippen LogP contribution in [0.5, 0.6) is 0 Å². The Morgan fingerprint density at radius 1 is 1.22 bits per heavy atom. The number of furan rings is 1. The number of carbonyl (C=O) groups excluding carboxylic acids is 1. The smallest absolute Gasteiger partial charge is 0.286 e. The first kappa shape index (κ1) is 18.7. The molecule has 1 aromatic carbocycles. The number of thioether (sulfide) groups is 1. The van der Waals surface area contributed by atoms with Gasteiger partial charge in [-0.1, -0.05) is 30.1 Å². The number of amides is 1. The molecule has 0 saturated carbocycles. The van der Waals surface area contributed by atoms with Crippen LogP contribution in [0.1, 0.15) is 25.5 Å². The SMILES string of the molecule is CC1CCN(C2=NC(=O)/C(=C/c3ccc(-c4cc(Cl)ccc4Cl)o3)S2)CC1. The van der Waals surface area contributed by atoms with Crippen LogP contribution in [0.2, 0.25) is 10.0 Å². The second-order valence-corrected chi connectivity index (χ2v) is 8.66. The first-order chi connectivity index (χ1) is 13.0. The van der Waals surface area contributed by atoms with Crippen LogP contribution in [0.4, 0.5) is 0 Å². The van der Waals surface area contributed by atoms with E-state index in [1.54, 1.807) is 24.3 Å². The van der Waals surface area contributed by atoms with Gasteiger partial charge in [-0.25, -0.2) is 0 Å². The summed E-state index contributed by atoms with van der Waals surface area (Å²) >= 11 is 13.7. The zero-order chi connectivity index (χ0) is 19.0. The van der Waals surface area contributed by atoms with Crippen LogP contribution in [0, 0.1) is 5.92 Å². The van der Waals surface area contributed by atoms with Crippen molar-refractivity contribution >= 4 is 52.1 Å². The van der Waals surface area contributed by atoms with E-state index in [0.29, 0.717) is 26.5 Å². The maximum Gasteiger partial charge on any atom is 0.286 e. The Bertz CT molecular complexity index is 943. The summed E-state index contributed by atoms with van der Waals surface area (Å²) < 4.78 is 5.86. The number of hydrogen-bond donors (Lipinski definition) is 0. The zero-order valence-electron chi connectivity index (χ0n) is 14.7. The molecule has 3 heterocycles. The summed E-state index contributed by atoms with van der Waals surface area (Å²) in [7, 11) is 0. The van der Waals surface area contributed by atoms with Gasteiger partial charge in [-0.15, -0.1) is 0 Å². The highest BCUT2D eigenvalue weighted by Crippen LogP contribution is 2.35. The number of hydrogen-bond acceptors (Lipinski definition) is 4. The Labute approximate surface area is 172 Å². The summed E-state index contributed by atoms with van der Waals surface area (Å²) in [5.41, 5.74) is 0.721. The minimum atomic E-state index is -0.215. The van der Waals surface area contributed by atoms with Gasteiger partial charge in [-0.05, 0) is 60.9 Å². The number of amidine groups is 1. The Morgan fingerprint density at radius 3 is 2.78 bits per heavy atom. The third-order valence-corrected chi connectivity index (χ3v) is 6.37. The molecule has 2 aromatic rings. The molecule has 4 rings (SSSR count). The van der Waals surface area contributed by atoms with Crippen molar-refractivity contribution < 1.29 is 9.21 Å². The first-order valence-corrected chi connectivity index (χ1v) is 10.4. The summed E-state index contributed by atoms with van der Waals surface area (Å²) in [5.74, 6) is 1.71. The number of piperidine rings is 1. The highest BCUT2D eigenvalue weighted by molar-refractivity contribution is 8.18. The molecule has 1 amide bonds. The van der Waals surface area contributed by atoms with Crippen molar-refractivity contribution in [1.29, 1.82) is 0 Å². The largest absolute Gasteiger partial charge is 0.457 e. The molecule has 0 N–H and O–H groups in total. The minimum Gasteiger partial charge on any atom is -0.457 e. The topological polar surface area (TPSA) is 45.8 Å². The van der Waals surface area contributed by atoms with E-state index in [9.17, 15) is 4.79 Å². The molecule has 1 fully saturated rings. The van der Waals surface area contributed by atoms with Gasteiger partial charge in [-0.3, -0.25) is 4.79 Å². The molecule has 1 saturated heterocycles. The van der Waals surface area contributed by atoms with E-state index in [1.165, 1.54) is 11.8 Å². The third kappa shape index (κ3) is 4.10. The molecule has 27 heavy (non-hydrogen) atoms. The van der Waals surface area contributed by atoms with Crippen LogP contribution < -0.4 is 0 Å². The molecule has 0 spiro atoms. The van der Waals surface area contributed by atoms with Gasteiger partial charge in [-0.2, -0.15) is 4.99 Å². The Morgan fingerprint density at radius 2 is 2.00 bits per heavy atom. The predicted octanol–water partition coefficient (Wildman–Crippen LogP) is 5.96. The van der Waals surface area contributed by atoms with E-state index in [2.05, 4.69) is 16.8 Å². The molecule has 0 radical (unpaired) electrons. The number of halogens is 2. The molecule has 0 atom stereocenters. The second-order valence-electron chi connectivity index (χ2n) is 6.81. The number of carbonyl (C=O) groups is 1. The molecular formula is C20H18Cl2N2O2S. The molecule has 7 heteroatoms. The van der Waals surface area contributed by atoms with Crippen molar-refractivity contribution in [3.8, 4) is 11.3 Å². The Kier molecular flexibility index (Phi) is 5.35. The van der Waals surface area contributed by atoms with Gasteiger partial charge >= 0.3 is 0 Å². The van der Waals surface area contributed by atoms with E-state index in [-0.39, 0.29) is 5.91 Å². The Balaban J connectivity index is 1.51. The lowest BCUT2D eigenvalue weighted by Gasteiger charge is -2.30. The van der Waals surface area contributed by atoms with Gasteiger partial charge in [0.2, 0.25) is 0 Å². The molecule has 140 valence electrons. The van der Waals surface area contributed by atoms with Crippen molar-refractivity contribution in [3.05, 3.63) is 51.0 Å². The van der Waals surface area contributed by atoms with E-state index < -0.39 is 0 Å².